The van der Waals surface area contributed by atoms with Crippen molar-refractivity contribution in [2.24, 2.45) is 0 Å². The highest BCUT2D eigenvalue weighted by Gasteiger charge is 2.22. The predicted molar refractivity (Wildman–Crippen MR) is 128 cm³/mol. The van der Waals surface area contributed by atoms with Crippen molar-refractivity contribution in [3.05, 3.63) is 90.1 Å². The third-order valence-electron chi connectivity index (χ3n) is 5.75. The highest BCUT2D eigenvalue weighted by Crippen LogP contribution is 2.34. The van der Waals surface area contributed by atoms with Crippen LogP contribution in [0.4, 0.5) is 14.5 Å². The molecule has 2 heterocycles. The maximum atomic E-state index is 13.9. The van der Waals surface area contributed by atoms with Gasteiger partial charge in [0.1, 0.15) is 5.69 Å². The first-order valence-electron chi connectivity index (χ1n) is 10.4. The lowest BCUT2D eigenvalue weighted by atomic mass is 10.1. The Labute approximate surface area is 198 Å². The van der Waals surface area contributed by atoms with Crippen LogP contribution < -0.4 is 4.31 Å². The Kier molecular flexibility index (Phi) is 5.25. The van der Waals surface area contributed by atoms with Crippen LogP contribution in [0.15, 0.2) is 77.7 Å². The molecule has 7 nitrogen and oxygen atoms in total. The number of nitrogens with zero attached hydrogens (tertiary/aromatic N) is 2. The Morgan fingerprint density at radius 2 is 1.60 bits per heavy atom. The zero-order chi connectivity index (χ0) is 24.9. The Morgan fingerprint density at radius 1 is 0.943 bits per heavy atom. The molecule has 35 heavy (non-hydrogen) atoms. The number of H-pyrrole nitrogens is 1. The number of carbonyl (C=O) groups is 1. The number of benzene rings is 3. The Morgan fingerprint density at radius 3 is 2.26 bits per heavy atom. The summed E-state index contributed by atoms with van der Waals surface area (Å²) in [5.41, 5.74) is 1.52. The SMILES string of the molecule is CN(c1ccc(-c2nc(C(=O)O)cc3c2[nH]c2cc(F)c(F)cc23)cc1)S(=O)(=O)c1ccccc1. The summed E-state index contributed by atoms with van der Waals surface area (Å²) >= 11 is 0. The van der Waals surface area contributed by atoms with E-state index < -0.39 is 27.6 Å². The van der Waals surface area contributed by atoms with E-state index >= 15 is 0 Å². The standard InChI is InChI=1S/C25H17F2N3O4S/c1-30(35(33,34)16-5-3-2-4-6-16)15-9-7-14(8-10-15)23-24-18(12-22(29-23)25(31)32)17-11-19(26)20(27)13-21(17)28-24/h2-13,28H,1H3,(H,31,32). The minimum Gasteiger partial charge on any atom is -0.477 e. The maximum Gasteiger partial charge on any atom is 0.354 e. The van der Waals surface area contributed by atoms with Crippen LogP contribution in [0.1, 0.15) is 10.5 Å². The quantitative estimate of drug-likeness (QED) is 0.351. The molecule has 0 spiro atoms. The van der Waals surface area contributed by atoms with Gasteiger partial charge < -0.3 is 10.1 Å². The second-order valence-electron chi connectivity index (χ2n) is 7.85. The van der Waals surface area contributed by atoms with Crippen molar-refractivity contribution in [1.29, 1.82) is 0 Å². The van der Waals surface area contributed by atoms with E-state index in [1.165, 1.54) is 25.2 Å². The number of pyridine rings is 1. The van der Waals surface area contributed by atoms with Crippen LogP contribution in [0.3, 0.4) is 0 Å². The summed E-state index contributed by atoms with van der Waals surface area (Å²) in [6.07, 6.45) is 0. The van der Waals surface area contributed by atoms with E-state index in [1.54, 1.807) is 42.5 Å². The largest absolute Gasteiger partial charge is 0.477 e. The van der Waals surface area contributed by atoms with E-state index in [9.17, 15) is 27.1 Å². The zero-order valence-corrected chi connectivity index (χ0v) is 19.0. The number of carboxylic acids is 1. The molecular weight excluding hydrogens is 476 g/mol. The molecule has 10 heteroatoms. The van der Waals surface area contributed by atoms with Gasteiger partial charge in [0.15, 0.2) is 11.6 Å². The maximum absolute atomic E-state index is 13.9. The van der Waals surface area contributed by atoms with Crippen molar-refractivity contribution in [2.45, 2.75) is 4.90 Å². The molecule has 0 bridgehead atoms. The zero-order valence-electron chi connectivity index (χ0n) is 18.2. The van der Waals surface area contributed by atoms with Gasteiger partial charge in [0.05, 0.1) is 21.8 Å². The van der Waals surface area contributed by atoms with Gasteiger partial charge in [-0.25, -0.2) is 27.0 Å². The summed E-state index contributed by atoms with van der Waals surface area (Å²) in [6.45, 7) is 0. The summed E-state index contributed by atoms with van der Waals surface area (Å²) in [5.74, 6) is -3.37. The number of aromatic amines is 1. The predicted octanol–water partition coefficient (Wildman–Crippen LogP) is 5.18. The first-order chi connectivity index (χ1) is 16.7. The molecule has 0 fully saturated rings. The summed E-state index contributed by atoms with van der Waals surface area (Å²) < 4.78 is 54.7. The number of halogens is 2. The first kappa shape index (κ1) is 22.5. The van der Waals surface area contributed by atoms with Crippen molar-refractivity contribution in [3.63, 3.8) is 0 Å². The summed E-state index contributed by atoms with van der Waals surface area (Å²) in [6, 6.07) is 17.6. The topological polar surface area (TPSA) is 103 Å². The van der Waals surface area contributed by atoms with Gasteiger partial charge in [-0.05, 0) is 36.4 Å². The van der Waals surface area contributed by atoms with Crippen LogP contribution in [-0.2, 0) is 10.0 Å². The van der Waals surface area contributed by atoms with Gasteiger partial charge in [0.2, 0.25) is 0 Å². The number of sulfonamides is 1. The molecule has 0 radical (unpaired) electrons. The minimum absolute atomic E-state index is 0.140. The van der Waals surface area contributed by atoms with E-state index in [0.29, 0.717) is 27.5 Å². The van der Waals surface area contributed by atoms with Crippen LogP contribution in [0.25, 0.3) is 33.1 Å². The average molecular weight is 493 g/mol. The lowest BCUT2D eigenvalue weighted by molar-refractivity contribution is 0.0691. The fourth-order valence-electron chi connectivity index (χ4n) is 3.93. The molecule has 0 unspecified atom stereocenters. The summed E-state index contributed by atoms with van der Waals surface area (Å²) in [4.78, 5) is 19.1. The van der Waals surface area contributed by atoms with E-state index in [2.05, 4.69) is 9.97 Å². The van der Waals surface area contributed by atoms with Gasteiger partial charge >= 0.3 is 5.97 Å². The molecule has 0 saturated heterocycles. The number of anilines is 1. The van der Waals surface area contributed by atoms with E-state index in [1.807, 2.05) is 0 Å². The highest BCUT2D eigenvalue weighted by atomic mass is 32.2. The van der Waals surface area contributed by atoms with Crippen LogP contribution >= 0.6 is 0 Å². The summed E-state index contributed by atoms with van der Waals surface area (Å²) in [5, 5.41) is 10.2. The van der Waals surface area contributed by atoms with Gasteiger partial charge in [-0.1, -0.05) is 30.3 Å². The molecule has 0 aliphatic carbocycles. The van der Waals surface area contributed by atoms with Crippen LogP contribution in [-0.4, -0.2) is 36.5 Å². The third kappa shape index (κ3) is 3.77. The fraction of sp³-hybridized carbons (Fsp3) is 0.0400. The Hall–Kier alpha value is -4.31. The van der Waals surface area contributed by atoms with Crippen molar-refractivity contribution in [3.8, 4) is 11.3 Å². The number of nitrogens with one attached hydrogen (secondary N) is 1. The van der Waals surface area contributed by atoms with E-state index in [0.717, 1.165) is 16.4 Å². The molecule has 0 amide bonds. The Bertz CT molecular complexity index is 1720. The van der Waals surface area contributed by atoms with Crippen molar-refractivity contribution >= 4 is 43.5 Å². The van der Waals surface area contributed by atoms with Gasteiger partial charge in [-0.2, -0.15) is 0 Å². The summed E-state index contributed by atoms with van der Waals surface area (Å²) in [7, 11) is -2.35. The molecule has 2 N–H and O–H groups in total. The number of hydrogen-bond donors (Lipinski definition) is 2. The number of aromatic nitrogens is 2. The average Bonchev–Trinajstić information content (AvgIpc) is 3.21. The van der Waals surface area contributed by atoms with E-state index in [-0.39, 0.29) is 21.8 Å². The van der Waals surface area contributed by atoms with Gasteiger partial charge in [-0.15, -0.1) is 0 Å². The van der Waals surface area contributed by atoms with Gasteiger partial charge in [-0.3, -0.25) is 4.31 Å². The smallest absolute Gasteiger partial charge is 0.354 e. The molecule has 0 atom stereocenters. The normalized spacial score (nSPS) is 11.7. The molecule has 0 saturated carbocycles. The molecule has 5 aromatic rings. The second-order valence-corrected chi connectivity index (χ2v) is 9.82. The lowest BCUT2D eigenvalue weighted by Gasteiger charge is -2.19. The number of aromatic carboxylic acids is 1. The van der Waals surface area contributed by atoms with Crippen molar-refractivity contribution in [2.75, 3.05) is 11.4 Å². The molecular formula is C25H17F2N3O4S. The lowest BCUT2D eigenvalue weighted by Crippen LogP contribution is -2.26. The first-order valence-corrected chi connectivity index (χ1v) is 11.8. The number of fused-ring (bicyclic) bond motifs is 3. The highest BCUT2D eigenvalue weighted by molar-refractivity contribution is 7.92. The van der Waals surface area contributed by atoms with Crippen LogP contribution in [0.5, 0.6) is 0 Å². The van der Waals surface area contributed by atoms with Crippen molar-refractivity contribution in [1.82, 2.24) is 9.97 Å². The molecule has 0 aliphatic heterocycles. The number of rotatable bonds is 5. The molecule has 5 rings (SSSR count). The van der Waals surface area contributed by atoms with Gasteiger partial charge in [0, 0.05) is 35.0 Å². The van der Waals surface area contributed by atoms with Crippen LogP contribution in [0.2, 0.25) is 0 Å². The van der Waals surface area contributed by atoms with Crippen molar-refractivity contribution < 1.29 is 27.1 Å². The number of hydrogen-bond acceptors (Lipinski definition) is 4. The fourth-order valence-corrected chi connectivity index (χ4v) is 5.15. The molecule has 3 aromatic carbocycles. The number of carboxylic acid groups (broad SMARTS) is 1. The third-order valence-corrected chi connectivity index (χ3v) is 7.55. The van der Waals surface area contributed by atoms with E-state index in [4.69, 9.17) is 0 Å². The molecule has 0 aliphatic rings. The monoisotopic (exact) mass is 493 g/mol. The second kappa shape index (κ2) is 8.17. The molecule has 2 aromatic heterocycles. The minimum atomic E-state index is -3.78. The van der Waals surface area contributed by atoms with Gasteiger partial charge in [0.25, 0.3) is 10.0 Å². The Balaban J connectivity index is 1.63. The van der Waals surface area contributed by atoms with Crippen LogP contribution in [0, 0.1) is 11.6 Å². The molecule has 176 valence electrons.